The predicted molar refractivity (Wildman–Crippen MR) is 63.8 cm³/mol. The van der Waals surface area contributed by atoms with Gasteiger partial charge in [0.1, 0.15) is 0 Å². The summed E-state index contributed by atoms with van der Waals surface area (Å²) in [6.45, 7) is 5.59. The summed E-state index contributed by atoms with van der Waals surface area (Å²) in [4.78, 5) is 2.47. The molecule has 2 rings (SSSR count). The Balaban J connectivity index is 2.00. The van der Waals surface area contributed by atoms with Gasteiger partial charge in [0.05, 0.1) is 0 Å². The van der Waals surface area contributed by atoms with Crippen LogP contribution in [0.4, 0.5) is 0 Å². The Labute approximate surface area is 92.1 Å². The summed E-state index contributed by atoms with van der Waals surface area (Å²) in [7, 11) is 0. The Morgan fingerprint density at radius 3 is 2.60 bits per heavy atom. The molecule has 1 unspecified atom stereocenters. The molecule has 1 atom stereocenters. The molecule has 2 heteroatoms. The quantitative estimate of drug-likeness (QED) is 0.817. The third kappa shape index (κ3) is 2.58. The van der Waals surface area contributed by atoms with Crippen molar-refractivity contribution in [2.75, 3.05) is 19.6 Å². The highest BCUT2D eigenvalue weighted by Gasteiger charge is 2.16. The second kappa shape index (κ2) is 4.77. The molecule has 2 N–H and O–H groups in total. The average molecular weight is 204 g/mol. The van der Waals surface area contributed by atoms with Gasteiger partial charge in [-0.3, -0.25) is 0 Å². The number of hydrogen-bond acceptors (Lipinski definition) is 2. The minimum Gasteiger partial charge on any atom is -0.323 e. The Bertz CT molecular complexity index is 316. The van der Waals surface area contributed by atoms with Gasteiger partial charge in [0.25, 0.3) is 0 Å². The molecule has 0 bridgehead atoms. The molecule has 1 aliphatic rings. The first-order chi connectivity index (χ1) is 7.27. The van der Waals surface area contributed by atoms with Crippen LogP contribution in [0.3, 0.4) is 0 Å². The summed E-state index contributed by atoms with van der Waals surface area (Å²) in [5.74, 6) is 0. The van der Waals surface area contributed by atoms with Gasteiger partial charge in [0.2, 0.25) is 0 Å². The van der Waals surface area contributed by atoms with Crippen LogP contribution in [0.5, 0.6) is 0 Å². The lowest BCUT2D eigenvalue weighted by Gasteiger charge is -2.21. The highest BCUT2D eigenvalue weighted by molar-refractivity contribution is 5.28. The molecule has 82 valence electrons. The van der Waals surface area contributed by atoms with Gasteiger partial charge in [-0.2, -0.15) is 0 Å². The highest BCUT2D eigenvalue weighted by Crippen LogP contribution is 2.18. The van der Waals surface area contributed by atoms with Crippen molar-refractivity contribution in [3.8, 4) is 0 Å². The molecular formula is C13H20N2. The van der Waals surface area contributed by atoms with Gasteiger partial charge >= 0.3 is 0 Å². The molecular weight excluding hydrogens is 184 g/mol. The minimum absolute atomic E-state index is 0.171. The van der Waals surface area contributed by atoms with Crippen LogP contribution in [0.25, 0.3) is 0 Å². The number of nitrogens with two attached hydrogens (primary N) is 1. The van der Waals surface area contributed by atoms with Crippen molar-refractivity contribution in [2.24, 2.45) is 5.73 Å². The zero-order valence-electron chi connectivity index (χ0n) is 9.45. The highest BCUT2D eigenvalue weighted by atomic mass is 15.1. The molecule has 1 heterocycles. The van der Waals surface area contributed by atoms with Crippen LogP contribution in [0, 0.1) is 6.92 Å². The number of hydrogen-bond donors (Lipinski definition) is 1. The molecule has 1 saturated heterocycles. The number of nitrogens with zero attached hydrogens (tertiary/aromatic N) is 1. The van der Waals surface area contributed by atoms with E-state index in [9.17, 15) is 0 Å². The first-order valence-corrected chi connectivity index (χ1v) is 5.81. The maximum atomic E-state index is 6.23. The van der Waals surface area contributed by atoms with Crippen molar-refractivity contribution in [3.05, 3.63) is 35.4 Å². The summed E-state index contributed by atoms with van der Waals surface area (Å²) in [5.41, 5.74) is 8.84. The first-order valence-electron chi connectivity index (χ1n) is 5.81. The summed E-state index contributed by atoms with van der Waals surface area (Å²) in [6.07, 6.45) is 2.67. The van der Waals surface area contributed by atoms with E-state index in [1.165, 1.54) is 37.1 Å². The molecule has 1 fully saturated rings. The topological polar surface area (TPSA) is 29.3 Å². The molecule has 1 aromatic rings. The van der Waals surface area contributed by atoms with E-state index < -0.39 is 0 Å². The standard InChI is InChI=1S/C13H20N2/c1-11-6-2-3-7-12(11)13(14)10-15-8-4-5-9-15/h2-3,6-7,13H,4-5,8-10,14H2,1H3. The third-order valence-electron chi connectivity index (χ3n) is 3.24. The largest absolute Gasteiger partial charge is 0.323 e. The van der Waals surface area contributed by atoms with Crippen LogP contribution in [-0.2, 0) is 0 Å². The van der Waals surface area contributed by atoms with E-state index in [1.54, 1.807) is 0 Å². The van der Waals surface area contributed by atoms with Gasteiger partial charge in [-0.05, 0) is 44.0 Å². The monoisotopic (exact) mass is 204 g/mol. The van der Waals surface area contributed by atoms with Crippen molar-refractivity contribution in [1.82, 2.24) is 4.90 Å². The molecule has 1 aliphatic heterocycles. The Morgan fingerprint density at radius 2 is 1.93 bits per heavy atom. The fourth-order valence-corrected chi connectivity index (χ4v) is 2.34. The SMILES string of the molecule is Cc1ccccc1C(N)CN1CCCC1. The van der Waals surface area contributed by atoms with Crippen LogP contribution in [0.1, 0.15) is 30.0 Å². The Hall–Kier alpha value is -0.860. The van der Waals surface area contributed by atoms with Gasteiger partial charge in [-0.25, -0.2) is 0 Å². The van der Waals surface area contributed by atoms with E-state index >= 15 is 0 Å². The van der Waals surface area contributed by atoms with Crippen LogP contribution in [0.15, 0.2) is 24.3 Å². The summed E-state index contributed by atoms with van der Waals surface area (Å²) in [5, 5.41) is 0. The first kappa shape index (κ1) is 10.7. The van der Waals surface area contributed by atoms with Crippen molar-refractivity contribution in [1.29, 1.82) is 0 Å². The lowest BCUT2D eigenvalue weighted by Crippen LogP contribution is -2.30. The fourth-order valence-electron chi connectivity index (χ4n) is 2.34. The van der Waals surface area contributed by atoms with Gasteiger partial charge in [-0.1, -0.05) is 24.3 Å². The van der Waals surface area contributed by atoms with Gasteiger partial charge in [-0.15, -0.1) is 0 Å². The van der Waals surface area contributed by atoms with Crippen molar-refractivity contribution >= 4 is 0 Å². The van der Waals surface area contributed by atoms with Crippen LogP contribution >= 0.6 is 0 Å². The number of rotatable bonds is 3. The second-order valence-corrected chi connectivity index (χ2v) is 4.47. The van der Waals surface area contributed by atoms with Crippen molar-refractivity contribution in [2.45, 2.75) is 25.8 Å². The van der Waals surface area contributed by atoms with Gasteiger partial charge < -0.3 is 10.6 Å². The molecule has 0 saturated carbocycles. The van der Waals surface area contributed by atoms with E-state index in [1.807, 2.05) is 0 Å². The molecule has 0 spiro atoms. The normalized spacial score (nSPS) is 19.3. The molecule has 1 aromatic carbocycles. The molecule has 0 radical (unpaired) electrons. The number of aryl methyl sites for hydroxylation is 1. The van der Waals surface area contributed by atoms with E-state index in [0.29, 0.717) is 0 Å². The van der Waals surface area contributed by atoms with E-state index in [-0.39, 0.29) is 6.04 Å². The maximum Gasteiger partial charge on any atom is 0.0426 e. The smallest absolute Gasteiger partial charge is 0.0426 e. The Morgan fingerprint density at radius 1 is 1.27 bits per heavy atom. The predicted octanol–water partition coefficient (Wildman–Crippen LogP) is 2.09. The van der Waals surface area contributed by atoms with Crippen molar-refractivity contribution in [3.63, 3.8) is 0 Å². The van der Waals surface area contributed by atoms with Crippen molar-refractivity contribution < 1.29 is 0 Å². The zero-order valence-corrected chi connectivity index (χ0v) is 9.45. The van der Waals surface area contributed by atoms with E-state index in [0.717, 1.165) is 6.54 Å². The van der Waals surface area contributed by atoms with Gasteiger partial charge in [0.15, 0.2) is 0 Å². The van der Waals surface area contributed by atoms with Crippen LogP contribution in [0.2, 0.25) is 0 Å². The molecule has 15 heavy (non-hydrogen) atoms. The molecule has 0 amide bonds. The molecule has 2 nitrogen and oxygen atoms in total. The van der Waals surface area contributed by atoms with Gasteiger partial charge in [0, 0.05) is 12.6 Å². The van der Waals surface area contributed by atoms with Crippen LogP contribution in [-0.4, -0.2) is 24.5 Å². The maximum absolute atomic E-state index is 6.23. The second-order valence-electron chi connectivity index (χ2n) is 4.47. The third-order valence-corrected chi connectivity index (χ3v) is 3.24. The minimum atomic E-state index is 0.171. The zero-order chi connectivity index (χ0) is 10.7. The molecule has 0 aliphatic carbocycles. The average Bonchev–Trinajstić information content (AvgIpc) is 2.71. The lowest BCUT2D eigenvalue weighted by atomic mass is 10.0. The Kier molecular flexibility index (Phi) is 3.39. The summed E-state index contributed by atoms with van der Waals surface area (Å²) >= 11 is 0. The van der Waals surface area contributed by atoms with E-state index in [4.69, 9.17) is 5.73 Å². The fraction of sp³-hybridized carbons (Fsp3) is 0.538. The number of likely N-dealkylation sites (tertiary alicyclic amines) is 1. The summed E-state index contributed by atoms with van der Waals surface area (Å²) in [6, 6.07) is 8.60. The van der Waals surface area contributed by atoms with Crippen LogP contribution < -0.4 is 5.73 Å². The molecule has 0 aromatic heterocycles. The van der Waals surface area contributed by atoms with E-state index in [2.05, 4.69) is 36.1 Å². The lowest BCUT2D eigenvalue weighted by molar-refractivity contribution is 0.316. The number of benzene rings is 1. The summed E-state index contributed by atoms with van der Waals surface area (Å²) < 4.78 is 0.